The second kappa shape index (κ2) is 34.3. The maximum absolute atomic E-state index is 7.06. The van der Waals surface area contributed by atoms with Gasteiger partial charge in [-0.1, -0.05) is 187 Å². The van der Waals surface area contributed by atoms with Gasteiger partial charge in [-0.2, -0.15) is 0 Å². The first kappa shape index (κ1) is 67.2. The van der Waals surface area contributed by atoms with Crippen LogP contribution in [0.4, 0.5) is 0 Å². The monoisotopic (exact) mass is 1270 g/mol. The van der Waals surface area contributed by atoms with Crippen LogP contribution >= 0.6 is 0 Å². The molecule has 10 heteroatoms. The average Bonchev–Trinajstić information content (AvgIpc) is 0.805. The molecule has 0 unspecified atom stereocenters. The molecule has 0 atom stereocenters. The molecule has 2 aliphatic carbocycles. The third-order valence-corrected chi connectivity index (χ3v) is 17.6. The van der Waals surface area contributed by atoms with Gasteiger partial charge in [0.2, 0.25) is 0 Å². The van der Waals surface area contributed by atoms with E-state index in [9.17, 15) is 0 Å². The Morgan fingerprint density at radius 1 is 0.255 bits per heavy atom. The summed E-state index contributed by atoms with van der Waals surface area (Å²) in [5.74, 6) is 7.37. The Kier molecular flexibility index (Phi) is 24.5. The number of benzene rings is 8. The SMILES string of the molecule is CCCOc1c2cccc1Cc1cccc(c1OCCC)Cc1cc3cc(c1OCCOCCOCCOc1c4cc(cc1Cc1cccc(c1OCCC)Cc1cccc(c1OCCC)Cc1cccc(c1OCCC)C4)C/C=C\C3)Cc1cccc(c1OCCC)C2. The molecule has 14 rings (SSSR count). The van der Waals surface area contributed by atoms with Crippen molar-refractivity contribution < 1.29 is 47.4 Å². The molecule has 8 aromatic carbocycles. The van der Waals surface area contributed by atoms with Crippen molar-refractivity contribution in [2.24, 2.45) is 0 Å². The molecule has 8 aromatic rings. The molecule has 0 N–H and O–H groups in total. The third kappa shape index (κ3) is 17.0. The quantitative estimate of drug-likeness (QED) is 0.0774. The summed E-state index contributed by atoms with van der Waals surface area (Å²) in [4.78, 5) is 0. The Bertz CT molecular complexity index is 3370. The summed E-state index contributed by atoms with van der Waals surface area (Å²) in [5, 5.41) is 0. The van der Waals surface area contributed by atoms with Crippen LogP contribution in [0, 0.1) is 0 Å². The molecule has 20 bridgehead atoms. The van der Waals surface area contributed by atoms with E-state index < -0.39 is 0 Å². The maximum atomic E-state index is 7.06. The first-order chi connectivity index (χ1) is 46.4. The van der Waals surface area contributed by atoms with Gasteiger partial charge in [0, 0.05) is 51.4 Å². The fraction of sp³-hybridized carbons (Fsp3) is 0.405. The van der Waals surface area contributed by atoms with E-state index in [1.54, 1.807) is 0 Å². The minimum absolute atomic E-state index is 0.362. The topological polar surface area (TPSA) is 92.3 Å². The van der Waals surface area contributed by atoms with Gasteiger partial charge in [-0.15, -0.1) is 0 Å². The molecular weight excluding hydrogens is 1170 g/mol. The van der Waals surface area contributed by atoms with E-state index in [-0.39, 0.29) is 0 Å². The Labute approximate surface area is 559 Å². The highest BCUT2D eigenvalue weighted by Gasteiger charge is 2.26. The van der Waals surface area contributed by atoms with Crippen LogP contribution < -0.4 is 37.9 Å². The van der Waals surface area contributed by atoms with E-state index in [1.807, 2.05) is 0 Å². The normalized spacial score (nSPS) is 14.7. The predicted octanol–water partition coefficient (Wildman–Crippen LogP) is 17.9. The molecule has 6 aliphatic rings. The van der Waals surface area contributed by atoms with Crippen LogP contribution in [0.5, 0.6) is 46.0 Å². The summed E-state index contributed by atoms with van der Waals surface area (Å²) >= 11 is 0. The van der Waals surface area contributed by atoms with Crippen molar-refractivity contribution in [3.8, 4) is 46.0 Å². The predicted molar refractivity (Wildman–Crippen MR) is 378 cm³/mol. The summed E-state index contributed by atoms with van der Waals surface area (Å²) < 4.78 is 67.8. The zero-order valence-electron chi connectivity index (χ0n) is 56.7. The van der Waals surface area contributed by atoms with E-state index in [1.165, 1.54) is 11.1 Å². The minimum atomic E-state index is 0.362. The smallest absolute Gasteiger partial charge is 0.126 e. The molecule has 0 spiro atoms. The third-order valence-electron chi connectivity index (χ3n) is 17.6. The highest BCUT2D eigenvalue weighted by atomic mass is 16.6. The molecule has 94 heavy (non-hydrogen) atoms. The van der Waals surface area contributed by atoms with Crippen LogP contribution in [0.3, 0.4) is 0 Å². The molecular formula is C84H98O10. The molecule has 0 saturated heterocycles. The summed E-state index contributed by atoms with van der Waals surface area (Å²) in [6, 6.07) is 49.3. The second-order valence-electron chi connectivity index (χ2n) is 25.2. The molecule has 4 aliphatic heterocycles. The van der Waals surface area contributed by atoms with E-state index in [0.717, 1.165) is 174 Å². The number of hydrogen-bond acceptors (Lipinski definition) is 10. The lowest BCUT2D eigenvalue weighted by molar-refractivity contribution is 0.0270. The zero-order chi connectivity index (χ0) is 64.9. The number of para-hydroxylation sites is 6. The van der Waals surface area contributed by atoms with Crippen LogP contribution in [0.25, 0.3) is 0 Å². The largest absolute Gasteiger partial charge is 0.493 e. The van der Waals surface area contributed by atoms with Gasteiger partial charge in [-0.05, 0) is 152 Å². The van der Waals surface area contributed by atoms with Crippen molar-refractivity contribution in [2.75, 3.05) is 79.3 Å². The van der Waals surface area contributed by atoms with Crippen LogP contribution in [0.2, 0.25) is 0 Å². The van der Waals surface area contributed by atoms with Gasteiger partial charge in [0.15, 0.2) is 0 Å². The molecule has 494 valence electrons. The van der Waals surface area contributed by atoms with Gasteiger partial charge in [-0.3, -0.25) is 0 Å². The van der Waals surface area contributed by atoms with Crippen LogP contribution in [-0.2, 0) is 73.7 Å². The van der Waals surface area contributed by atoms with Crippen LogP contribution in [-0.4, -0.2) is 79.3 Å². The Hall–Kier alpha value is -8.18. The fourth-order valence-corrected chi connectivity index (χ4v) is 13.4. The summed E-state index contributed by atoms with van der Waals surface area (Å²) in [6.07, 6.45) is 16.5. The van der Waals surface area contributed by atoms with Gasteiger partial charge in [0.1, 0.15) is 59.2 Å². The van der Waals surface area contributed by atoms with Gasteiger partial charge in [0.25, 0.3) is 0 Å². The molecule has 4 heterocycles. The lowest BCUT2D eigenvalue weighted by atomic mass is 9.89. The number of ether oxygens (including phenoxy) is 10. The van der Waals surface area contributed by atoms with Gasteiger partial charge < -0.3 is 47.4 Å². The minimum Gasteiger partial charge on any atom is -0.493 e. The van der Waals surface area contributed by atoms with Crippen molar-refractivity contribution in [3.05, 3.63) is 246 Å². The van der Waals surface area contributed by atoms with Crippen LogP contribution in [0.15, 0.2) is 146 Å². The van der Waals surface area contributed by atoms with Crippen molar-refractivity contribution >= 4 is 0 Å². The fourth-order valence-electron chi connectivity index (χ4n) is 13.4. The van der Waals surface area contributed by atoms with Crippen LogP contribution in [0.1, 0.15) is 180 Å². The van der Waals surface area contributed by atoms with E-state index in [2.05, 4.69) is 187 Å². The van der Waals surface area contributed by atoms with Gasteiger partial charge in [0.05, 0.1) is 66.1 Å². The summed E-state index contributed by atoms with van der Waals surface area (Å²) in [6.45, 7) is 19.0. The van der Waals surface area contributed by atoms with Gasteiger partial charge in [-0.25, -0.2) is 0 Å². The Morgan fingerprint density at radius 2 is 0.447 bits per heavy atom. The Balaban J connectivity index is 1.04. The second-order valence-corrected chi connectivity index (χ2v) is 25.2. The number of rotatable bonds is 18. The van der Waals surface area contributed by atoms with Crippen molar-refractivity contribution in [1.82, 2.24) is 0 Å². The number of hydrogen-bond donors (Lipinski definition) is 0. The van der Waals surface area contributed by atoms with E-state index in [4.69, 9.17) is 47.4 Å². The summed E-state index contributed by atoms with van der Waals surface area (Å²) in [7, 11) is 0. The van der Waals surface area contributed by atoms with E-state index >= 15 is 0 Å². The molecule has 10 nitrogen and oxygen atoms in total. The number of fused-ring (bicyclic) bond motifs is 12. The molecule has 0 amide bonds. The highest BCUT2D eigenvalue weighted by Crippen LogP contribution is 2.43. The Morgan fingerprint density at radius 3 is 0.649 bits per heavy atom. The maximum Gasteiger partial charge on any atom is 0.126 e. The summed E-state index contributed by atoms with van der Waals surface area (Å²) in [5.41, 5.74) is 20.4. The zero-order valence-corrected chi connectivity index (χ0v) is 56.7. The standard InChI is InChI=1S/C84H98O10/c1-7-35-87-77-61-23-15-24-62(77)52-66-28-18-32-70(80(66)90-38-10-4)56-74-48-59-21-13-14-22-60-49-75-57-71-33-19-29-67(81(71)91-39-11-5)53-63-25-16-26-64(78(63)88-36-8-2)54-68-30-20-34-72(82(68)92-40-12-6)58-76(50-60)84(75)94-46-44-86-42-41-85-43-45-93-83(74)73(47-59)55-69-31-17-27-65(51-61)79(69)89-37-9-3/h13-20,23-34,47-50H,7-12,21-22,35-46,51-58H2,1-6H3/b14-13-. The van der Waals surface area contributed by atoms with Gasteiger partial charge >= 0.3 is 0 Å². The highest BCUT2D eigenvalue weighted by molar-refractivity contribution is 5.60. The first-order valence-electron chi connectivity index (χ1n) is 35.1. The van der Waals surface area contributed by atoms with Crippen molar-refractivity contribution in [3.63, 3.8) is 0 Å². The number of allylic oxidation sites excluding steroid dienone is 2. The molecule has 0 radical (unpaired) electrons. The molecule has 0 saturated carbocycles. The van der Waals surface area contributed by atoms with Crippen molar-refractivity contribution in [2.45, 2.75) is 144 Å². The lowest BCUT2D eigenvalue weighted by Crippen LogP contribution is -2.15. The molecule has 0 aromatic heterocycles. The first-order valence-corrected chi connectivity index (χ1v) is 35.1. The lowest BCUT2D eigenvalue weighted by Gasteiger charge is -2.23. The molecule has 0 fully saturated rings. The van der Waals surface area contributed by atoms with Crippen molar-refractivity contribution in [1.29, 1.82) is 0 Å². The average molecular weight is 1270 g/mol. The van der Waals surface area contributed by atoms with E-state index in [0.29, 0.717) is 143 Å².